The SMILES string of the molecule is O=C(c1cccnc1)n1ccnc1. The molecule has 0 radical (unpaired) electrons. The van der Waals surface area contributed by atoms with Gasteiger partial charge in [-0.25, -0.2) is 4.98 Å². The van der Waals surface area contributed by atoms with E-state index >= 15 is 0 Å². The highest BCUT2D eigenvalue weighted by molar-refractivity contribution is 5.95. The molecule has 0 aliphatic carbocycles. The van der Waals surface area contributed by atoms with E-state index in [1.807, 2.05) is 0 Å². The lowest BCUT2D eigenvalue weighted by Gasteiger charge is -1.98. The van der Waals surface area contributed by atoms with E-state index in [9.17, 15) is 4.79 Å². The summed E-state index contributed by atoms with van der Waals surface area (Å²) in [4.78, 5) is 19.2. The van der Waals surface area contributed by atoms with Crippen LogP contribution in [0.5, 0.6) is 0 Å². The van der Waals surface area contributed by atoms with Gasteiger partial charge in [0, 0.05) is 24.8 Å². The van der Waals surface area contributed by atoms with E-state index in [1.54, 1.807) is 30.7 Å². The van der Waals surface area contributed by atoms with Crippen molar-refractivity contribution in [1.82, 2.24) is 14.5 Å². The van der Waals surface area contributed by atoms with Crippen molar-refractivity contribution in [3.8, 4) is 0 Å². The fraction of sp³-hybridized carbons (Fsp3) is 0. The van der Waals surface area contributed by atoms with E-state index in [4.69, 9.17) is 0 Å². The molecule has 0 bridgehead atoms. The first-order chi connectivity index (χ1) is 6.38. The van der Waals surface area contributed by atoms with Gasteiger partial charge in [-0.1, -0.05) is 0 Å². The van der Waals surface area contributed by atoms with Crippen LogP contribution in [0.1, 0.15) is 10.4 Å². The molecule has 0 aromatic carbocycles. The number of carbonyl (C=O) groups is 1. The highest BCUT2D eigenvalue weighted by Gasteiger charge is 2.05. The molecule has 4 nitrogen and oxygen atoms in total. The number of imidazole rings is 1. The molecule has 0 spiro atoms. The molecule has 0 saturated carbocycles. The highest BCUT2D eigenvalue weighted by atomic mass is 16.2. The van der Waals surface area contributed by atoms with Crippen molar-refractivity contribution in [2.75, 3.05) is 0 Å². The predicted octanol–water partition coefficient (Wildman–Crippen LogP) is 0.967. The molecule has 2 aromatic rings. The largest absolute Gasteiger partial charge is 0.272 e. The van der Waals surface area contributed by atoms with Crippen LogP contribution in [0.2, 0.25) is 0 Å². The zero-order valence-electron chi connectivity index (χ0n) is 6.79. The second kappa shape index (κ2) is 3.18. The molecule has 0 amide bonds. The summed E-state index contributed by atoms with van der Waals surface area (Å²) in [5.41, 5.74) is 0.556. The van der Waals surface area contributed by atoms with Crippen molar-refractivity contribution >= 4 is 5.91 Å². The van der Waals surface area contributed by atoms with Crippen LogP contribution in [0.15, 0.2) is 43.2 Å². The molecule has 0 unspecified atom stereocenters. The van der Waals surface area contributed by atoms with Crippen LogP contribution < -0.4 is 0 Å². The van der Waals surface area contributed by atoms with Gasteiger partial charge in [-0.2, -0.15) is 0 Å². The molecular formula is C9H7N3O. The average Bonchev–Trinajstić information content (AvgIpc) is 2.71. The zero-order valence-corrected chi connectivity index (χ0v) is 6.79. The van der Waals surface area contributed by atoms with Crippen LogP contribution in [-0.2, 0) is 0 Å². The topological polar surface area (TPSA) is 47.8 Å². The molecule has 0 fully saturated rings. The van der Waals surface area contributed by atoms with Crippen LogP contribution >= 0.6 is 0 Å². The van der Waals surface area contributed by atoms with E-state index in [-0.39, 0.29) is 5.91 Å². The van der Waals surface area contributed by atoms with Crippen LogP contribution in [0.4, 0.5) is 0 Å². The lowest BCUT2D eigenvalue weighted by molar-refractivity contribution is 0.0959. The summed E-state index contributed by atoms with van der Waals surface area (Å²) < 4.78 is 1.41. The Morgan fingerprint density at radius 2 is 2.23 bits per heavy atom. The molecule has 2 heterocycles. The monoisotopic (exact) mass is 173 g/mol. The van der Waals surface area contributed by atoms with Gasteiger partial charge in [0.05, 0.1) is 5.56 Å². The van der Waals surface area contributed by atoms with Crippen molar-refractivity contribution in [3.63, 3.8) is 0 Å². The third-order valence-corrected chi connectivity index (χ3v) is 1.65. The van der Waals surface area contributed by atoms with Gasteiger partial charge in [-0.3, -0.25) is 14.3 Å². The normalized spacial score (nSPS) is 9.85. The summed E-state index contributed by atoms with van der Waals surface area (Å²) in [6, 6.07) is 3.44. The maximum atomic E-state index is 11.6. The fourth-order valence-corrected chi connectivity index (χ4v) is 1.02. The summed E-state index contributed by atoms with van der Waals surface area (Å²) in [6.45, 7) is 0. The minimum Gasteiger partial charge on any atom is -0.272 e. The Balaban J connectivity index is 2.34. The van der Waals surface area contributed by atoms with Gasteiger partial charge in [0.15, 0.2) is 0 Å². The third kappa shape index (κ3) is 1.46. The number of nitrogens with zero attached hydrogens (tertiary/aromatic N) is 3. The Morgan fingerprint density at radius 3 is 2.85 bits per heavy atom. The van der Waals surface area contributed by atoms with E-state index < -0.39 is 0 Å². The number of carbonyl (C=O) groups excluding carboxylic acids is 1. The Bertz CT molecular complexity index is 394. The Labute approximate surface area is 74.9 Å². The van der Waals surface area contributed by atoms with Gasteiger partial charge in [0.2, 0.25) is 0 Å². The lowest BCUT2D eigenvalue weighted by Crippen LogP contribution is -2.09. The maximum absolute atomic E-state index is 11.6. The first kappa shape index (κ1) is 7.67. The van der Waals surface area contributed by atoms with Gasteiger partial charge < -0.3 is 0 Å². The third-order valence-electron chi connectivity index (χ3n) is 1.65. The number of hydrogen-bond donors (Lipinski definition) is 0. The van der Waals surface area contributed by atoms with E-state index in [0.29, 0.717) is 5.56 Å². The van der Waals surface area contributed by atoms with Gasteiger partial charge >= 0.3 is 0 Å². The van der Waals surface area contributed by atoms with Crippen LogP contribution in [0, 0.1) is 0 Å². The second-order valence-corrected chi connectivity index (χ2v) is 2.52. The van der Waals surface area contributed by atoms with Crippen molar-refractivity contribution in [2.24, 2.45) is 0 Å². The first-order valence-electron chi connectivity index (χ1n) is 3.80. The molecule has 13 heavy (non-hydrogen) atoms. The smallest absolute Gasteiger partial charge is 0.264 e. The van der Waals surface area contributed by atoms with Gasteiger partial charge in [-0.05, 0) is 12.1 Å². The number of pyridine rings is 1. The standard InChI is InChI=1S/C9H7N3O/c13-9(12-5-4-11-7-12)8-2-1-3-10-6-8/h1-7H. The minimum atomic E-state index is -0.120. The van der Waals surface area contributed by atoms with Gasteiger partial charge in [0.1, 0.15) is 6.33 Å². The van der Waals surface area contributed by atoms with Crippen molar-refractivity contribution in [1.29, 1.82) is 0 Å². The summed E-state index contributed by atoms with van der Waals surface area (Å²) >= 11 is 0. The minimum absolute atomic E-state index is 0.120. The quantitative estimate of drug-likeness (QED) is 0.645. The van der Waals surface area contributed by atoms with Crippen LogP contribution in [0.3, 0.4) is 0 Å². The first-order valence-corrected chi connectivity index (χ1v) is 3.80. The summed E-state index contributed by atoms with van der Waals surface area (Å²) in [5, 5.41) is 0. The average molecular weight is 173 g/mol. The maximum Gasteiger partial charge on any atom is 0.264 e. The Hall–Kier alpha value is -1.97. The lowest BCUT2D eigenvalue weighted by atomic mass is 10.3. The molecule has 0 aliphatic rings. The van der Waals surface area contributed by atoms with Crippen molar-refractivity contribution in [2.45, 2.75) is 0 Å². The molecule has 4 heteroatoms. The van der Waals surface area contributed by atoms with E-state index in [1.165, 1.54) is 17.1 Å². The fourth-order valence-electron chi connectivity index (χ4n) is 1.02. The van der Waals surface area contributed by atoms with Crippen molar-refractivity contribution < 1.29 is 4.79 Å². The Morgan fingerprint density at radius 1 is 1.31 bits per heavy atom. The zero-order chi connectivity index (χ0) is 9.10. The number of hydrogen-bond acceptors (Lipinski definition) is 3. The molecular weight excluding hydrogens is 166 g/mol. The molecule has 0 saturated heterocycles. The summed E-state index contributed by atoms with van der Waals surface area (Å²) in [7, 11) is 0. The Kier molecular flexibility index (Phi) is 1.88. The molecule has 0 atom stereocenters. The van der Waals surface area contributed by atoms with E-state index in [0.717, 1.165) is 0 Å². The van der Waals surface area contributed by atoms with Gasteiger partial charge in [0.25, 0.3) is 5.91 Å². The summed E-state index contributed by atoms with van der Waals surface area (Å²) in [5.74, 6) is -0.120. The van der Waals surface area contributed by atoms with Crippen molar-refractivity contribution in [3.05, 3.63) is 48.8 Å². The molecule has 2 rings (SSSR count). The summed E-state index contributed by atoms with van der Waals surface area (Å²) in [6.07, 6.45) is 7.80. The highest BCUT2D eigenvalue weighted by Crippen LogP contribution is 1.99. The molecule has 0 aliphatic heterocycles. The number of aromatic nitrogens is 3. The second-order valence-electron chi connectivity index (χ2n) is 2.52. The van der Waals surface area contributed by atoms with E-state index in [2.05, 4.69) is 9.97 Å². The van der Waals surface area contributed by atoms with Gasteiger partial charge in [-0.15, -0.1) is 0 Å². The molecule has 64 valence electrons. The number of rotatable bonds is 1. The molecule has 2 aromatic heterocycles. The predicted molar refractivity (Wildman–Crippen MR) is 46.2 cm³/mol. The van der Waals surface area contributed by atoms with Crippen LogP contribution in [0.25, 0.3) is 0 Å². The van der Waals surface area contributed by atoms with Crippen LogP contribution in [-0.4, -0.2) is 20.4 Å². The molecule has 0 N–H and O–H groups in total.